The van der Waals surface area contributed by atoms with E-state index in [-0.39, 0.29) is 6.10 Å². The Morgan fingerprint density at radius 1 is 0.760 bits per heavy atom. The minimum atomic E-state index is -1.29. The van der Waals surface area contributed by atoms with Gasteiger partial charge in [-0.1, -0.05) is 97.1 Å². The van der Waals surface area contributed by atoms with Crippen LogP contribution in [0, 0.1) is 0 Å². The lowest BCUT2D eigenvalue weighted by atomic mass is 10.1. The quantitative estimate of drug-likeness (QED) is 0.444. The monoisotopic (exact) mass is 343 g/mol. The molecule has 0 aliphatic rings. The van der Waals surface area contributed by atoms with Crippen LogP contribution in [0.25, 0.3) is 0 Å². The van der Waals surface area contributed by atoms with Gasteiger partial charge in [-0.05, 0) is 28.8 Å². The van der Waals surface area contributed by atoms with Crippen molar-refractivity contribution in [1.29, 1.82) is 0 Å². The Kier molecular flexibility index (Phi) is 6.38. The largest absolute Gasteiger partial charge is 0.404 e. The van der Waals surface area contributed by atoms with Crippen molar-refractivity contribution in [3.8, 4) is 0 Å². The molecule has 0 N–H and O–H groups in total. The molecule has 0 saturated heterocycles. The summed E-state index contributed by atoms with van der Waals surface area (Å²) in [6.45, 7) is 3.93. The van der Waals surface area contributed by atoms with Crippen LogP contribution in [-0.2, 0) is 10.8 Å². The van der Waals surface area contributed by atoms with E-state index in [2.05, 4.69) is 97.6 Å². The van der Waals surface area contributed by atoms with E-state index in [1.165, 1.54) is 15.9 Å². The van der Waals surface area contributed by atoms with Gasteiger partial charge in [0.2, 0.25) is 0 Å². The molecule has 1 nitrogen and oxygen atoms in total. The lowest BCUT2D eigenvalue weighted by Crippen LogP contribution is -2.47. The molecular weight excluding hydrogens is 320 g/mol. The third-order valence-electron chi connectivity index (χ3n) is 4.09. The van der Waals surface area contributed by atoms with E-state index in [4.69, 9.17) is 4.43 Å². The second-order valence-corrected chi connectivity index (χ2v) is 8.06. The van der Waals surface area contributed by atoms with Crippen molar-refractivity contribution < 1.29 is 4.43 Å². The molecule has 2 heteroatoms. The van der Waals surface area contributed by atoms with Crippen molar-refractivity contribution in [1.82, 2.24) is 0 Å². The maximum Gasteiger partial charge on any atom is 0.283 e. The SMILES string of the molecule is C=CCC(Cc1ccccc1)O[Si](c1ccccc1)c1ccccc1. The molecule has 3 rings (SSSR count). The molecule has 0 bridgehead atoms. The molecule has 1 atom stereocenters. The molecule has 0 spiro atoms. The van der Waals surface area contributed by atoms with Crippen LogP contribution in [0.5, 0.6) is 0 Å². The Morgan fingerprint density at radius 2 is 1.24 bits per heavy atom. The van der Waals surface area contributed by atoms with E-state index < -0.39 is 9.04 Å². The molecular formula is C23H23OSi. The lowest BCUT2D eigenvalue weighted by molar-refractivity contribution is 0.213. The molecule has 0 amide bonds. The van der Waals surface area contributed by atoms with E-state index in [1.807, 2.05) is 6.08 Å². The van der Waals surface area contributed by atoms with Crippen molar-refractivity contribution in [2.45, 2.75) is 18.9 Å². The average molecular weight is 344 g/mol. The fraction of sp³-hybridized carbons (Fsp3) is 0.130. The molecule has 0 aliphatic carbocycles. The summed E-state index contributed by atoms with van der Waals surface area (Å²) in [6, 6.07) is 31.7. The maximum atomic E-state index is 6.70. The third-order valence-corrected chi connectivity index (χ3v) is 6.38. The highest BCUT2D eigenvalue weighted by molar-refractivity contribution is 6.80. The van der Waals surface area contributed by atoms with Crippen molar-refractivity contribution in [3.05, 3.63) is 109 Å². The molecule has 0 heterocycles. The number of hydrogen-bond donors (Lipinski definition) is 0. The van der Waals surface area contributed by atoms with Crippen LogP contribution in [0.3, 0.4) is 0 Å². The van der Waals surface area contributed by atoms with Gasteiger partial charge in [0.25, 0.3) is 9.04 Å². The van der Waals surface area contributed by atoms with Crippen LogP contribution in [0.1, 0.15) is 12.0 Å². The Bertz CT molecular complexity index is 716. The topological polar surface area (TPSA) is 9.23 Å². The molecule has 25 heavy (non-hydrogen) atoms. The van der Waals surface area contributed by atoms with Gasteiger partial charge in [-0.15, -0.1) is 6.58 Å². The first-order valence-corrected chi connectivity index (χ1v) is 10.1. The minimum absolute atomic E-state index is 0.134. The van der Waals surface area contributed by atoms with E-state index in [1.54, 1.807) is 0 Å². The smallest absolute Gasteiger partial charge is 0.283 e. The zero-order chi connectivity index (χ0) is 17.3. The average Bonchev–Trinajstić information content (AvgIpc) is 2.68. The molecule has 0 saturated carbocycles. The van der Waals surface area contributed by atoms with Gasteiger partial charge in [-0.2, -0.15) is 0 Å². The van der Waals surface area contributed by atoms with Gasteiger partial charge in [0.05, 0.1) is 6.10 Å². The minimum Gasteiger partial charge on any atom is -0.404 e. The van der Waals surface area contributed by atoms with Crippen LogP contribution >= 0.6 is 0 Å². The van der Waals surface area contributed by atoms with Crippen molar-refractivity contribution >= 4 is 19.4 Å². The molecule has 3 aromatic rings. The molecule has 3 aromatic carbocycles. The zero-order valence-electron chi connectivity index (χ0n) is 14.3. The van der Waals surface area contributed by atoms with Crippen LogP contribution in [0.4, 0.5) is 0 Å². The first kappa shape index (κ1) is 17.4. The standard InChI is InChI=1S/C23H23OSi/c1-2-12-21(19-20-13-6-3-7-14-20)24-25(22-15-8-4-9-16-22)23-17-10-5-11-18-23/h2-11,13-18,21H,1,12,19H2. The van der Waals surface area contributed by atoms with Gasteiger partial charge in [0.1, 0.15) is 0 Å². The van der Waals surface area contributed by atoms with Crippen LogP contribution < -0.4 is 10.4 Å². The second-order valence-electron chi connectivity index (χ2n) is 6.02. The van der Waals surface area contributed by atoms with Crippen molar-refractivity contribution in [2.24, 2.45) is 0 Å². The second kappa shape index (κ2) is 9.16. The summed E-state index contributed by atoms with van der Waals surface area (Å²) in [6.07, 6.45) is 3.85. The highest BCUT2D eigenvalue weighted by Gasteiger charge is 2.23. The summed E-state index contributed by atoms with van der Waals surface area (Å²) >= 11 is 0. The Balaban J connectivity index is 1.85. The Labute approximate surface area is 152 Å². The van der Waals surface area contributed by atoms with Crippen LogP contribution in [-0.4, -0.2) is 15.1 Å². The van der Waals surface area contributed by atoms with E-state index in [0.29, 0.717) is 0 Å². The molecule has 0 fully saturated rings. The van der Waals surface area contributed by atoms with Gasteiger partial charge in [-0.3, -0.25) is 0 Å². The van der Waals surface area contributed by atoms with Gasteiger partial charge in [-0.25, -0.2) is 0 Å². The number of hydrogen-bond acceptors (Lipinski definition) is 1. The normalized spacial score (nSPS) is 12.0. The maximum absolute atomic E-state index is 6.70. The van der Waals surface area contributed by atoms with E-state index in [9.17, 15) is 0 Å². The van der Waals surface area contributed by atoms with E-state index >= 15 is 0 Å². The van der Waals surface area contributed by atoms with Gasteiger partial charge in [0.15, 0.2) is 0 Å². The Hall–Kier alpha value is -2.42. The summed E-state index contributed by atoms with van der Waals surface area (Å²) < 4.78 is 6.70. The Morgan fingerprint density at radius 3 is 1.72 bits per heavy atom. The molecule has 1 unspecified atom stereocenters. The summed E-state index contributed by atoms with van der Waals surface area (Å²) in [5.74, 6) is 0. The third kappa shape index (κ3) is 5.02. The van der Waals surface area contributed by atoms with Crippen LogP contribution in [0.15, 0.2) is 104 Å². The fourth-order valence-corrected chi connectivity index (χ4v) is 4.99. The summed E-state index contributed by atoms with van der Waals surface area (Å²) in [4.78, 5) is 0. The van der Waals surface area contributed by atoms with Crippen molar-refractivity contribution in [2.75, 3.05) is 0 Å². The molecule has 0 aromatic heterocycles. The predicted octanol–water partition coefficient (Wildman–Crippen LogP) is 4.00. The zero-order valence-corrected chi connectivity index (χ0v) is 15.3. The van der Waals surface area contributed by atoms with Gasteiger partial charge in [0, 0.05) is 0 Å². The highest BCUT2D eigenvalue weighted by atomic mass is 28.3. The predicted molar refractivity (Wildman–Crippen MR) is 108 cm³/mol. The van der Waals surface area contributed by atoms with E-state index in [0.717, 1.165) is 12.8 Å². The fourth-order valence-electron chi connectivity index (χ4n) is 2.88. The summed E-state index contributed by atoms with van der Waals surface area (Å²) in [5.41, 5.74) is 1.30. The highest BCUT2D eigenvalue weighted by Crippen LogP contribution is 2.11. The summed E-state index contributed by atoms with van der Waals surface area (Å²) in [5, 5.41) is 2.56. The van der Waals surface area contributed by atoms with Crippen molar-refractivity contribution in [3.63, 3.8) is 0 Å². The number of rotatable bonds is 8. The van der Waals surface area contributed by atoms with Gasteiger partial charge >= 0.3 is 0 Å². The first-order valence-electron chi connectivity index (χ1n) is 8.66. The molecule has 125 valence electrons. The summed E-state index contributed by atoms with van der Waals surface area (Å²) in [7, 11) is -1.29. The first-order chi connectivity index (χ1) is 12.4. The van der Waals surface area contributed by atoms with Gasteiger partial charge < -0.3 is 4.43 Å². The number of benzene rings is 3. The van der Waals surface area contributed by atoms with Crippen LogP contribution in [0.2, 0.25) is 0 Å². The molecule has 0 aliphatic heterocycles. The lowest BCUT2D eigenvalue weighted by Gasteiger charge is -2.23. The molecule has 1 radical (unpaired) electrons.